The van der Waals surface area contributed by atoms with Gasteiger partial charge in [0.25, 0.3) is 0 Å². The van der Waals surface area contributed by atoms with Crippen molar-refractivity contribution in [3.8, 4) is 5.75 Å². The molecule has 0 spiro atoms. The van der Waals surface area contributed by atoms with Crippen molar-refractivity contribution in [2.24, 2.45) is 0 Å². The molecule has 0 aromatic heterocycles. The molecule has 1 aromatic rings. The SMILES string of the molecule is Cc1c(O)cc(Br)c(CBr)c1Br. The van der Waals surface area contributed by atoms with Gasteiger partial charge in [-0.25, -0.2) is 0 Å². The highest BCUT2D eigenvalue weighted by atomic mass is 79.9. The Morgan fingerprint density at radius 1 is 1.42 bits per heavy atom. The van der Waals surface area contributed by atoms with Gasteiger partial charge >= 0.3 is 0 Å². The van der Waals surface area contributed by atoms with Crippen molar-refractivity contribution in [3.05, 3.63) is 26.1 Å². The molecule has 0 radical (unpaired) electrons. The molecule has 0 saturated heterocycles. The topological polar surface area (TPSA) is 20.2 Å². The smallest absolute Gasteiger partial charge is 0.120 e. The van der Waals surface area contributed by atoms with E-state index in [2.05, 4.69) is 47.8 Å². The lowest BCUT2D eigenvalue weighted by molar-refractivity contribution is 0.470. The lowest BCUT2D eigenvalue weighted by atomic mass is 10.1. The molecule has 12 heavy (non-hydrogen) atoms. The van der Waals surface area contributed by atoms with E-state index in [1.165, 1.54) is 0 Å². The largest absolute Gasteiger partial charge is 0.508 e. The van der Waals surface area contributed by atoms with Gasteiger partial charge < -0.3 is 5.11 Å². The molecule has 0 aliphatic rings. The van der Waals surface area contributed by atoms with Crippen LogP contribution < -0.4 is 0 Å². The molecule has 0 aliphatic heterocycles. The van der Waals surface area contributed by atoms with Crippen molar-refractivity contribution in [1.29, 1.82) is 0 Å². The van der Waals surface area contributed by atoms with Gasteiger partial charge in [-0.05, 0) is 18.6 Å². The molecular formula is C8H7Br3O. The number of hydrogen-bond acceptors (Lipinski definition) is 1. The normalized spacial score (nSPS) is 10.3. The van der Waals surface area contributed by atoms with E-state index < -0.39 is 0 Å². The third-order valence-corrected chi connectivity index (χ3v) is 4.01. The molecule has 0 bridgehead atoms. The number of alkyl halides is 1. The van der Waals surface area contributed by atoms with E-state index in [0.29, 0.717) is 5.75 Å². The molecule has 0 fully saturated rings. The first kappa shape index (κ1) is 10.5. The Morgan fingerprint density at radius 3 is 2.50 bits per heavy atom. The zero-order chi connectivity index (χ0) is 9.30. The fraction of sp³-hybridized carbons (Fsp3) is 0.250. The summed E-state index contributed by atoms with van der Waals surface area (Å²) in [5.74, 6) is 0.304. The lowest BCUT2D eigenvalue weighted by Gasteiger charge is -2.08. The van der Waals surface area contributed by atoms with Crippen LogP contribution in [0.5, 0.6) is 5.75 Å². The molecule has 0 aliphatic carbocycles. The Hall–Kier alpha value is 0.460. The van der Waals surface area contributed by atoms with Gasteiger partial charge in [0.1, 0.15) is 5.75 Å². The predicted octanol–water partition coefficient (Wildman–Crippen LogP) is 4.12. The van der Waals surface area contributed by atoms with E-state index >= 15 is 0 Å². The Balaban J connectivity index is 3.40. The standard InChI is InChI=1S/C8H7Br3O/c1-4-7(12)2-6(10)5(3-9)8(4)11/h2,12H,3H2,1H3. The molecule has 0 heterocycles. The summed E-state index contributed by atoms with van der Waals surface area (Å²) in [5, 5.41) is 10.2. The highest BCUT2D eigenvalue weighted by Gasteiger charge is 2.10. The van der Waals surface area contributed by atoms with Gasteiger partial charge in [0.05, 0.1) is 0 Å². The Labute approximate surface area is 96.6 Å². The summed E-state index contributed by atoms with van der Waals surface area (Å²) in [6.07, 6.45) is 0. The minimum Gasteiger partial charge on any atom is -0.508 e. The van der Waals surface area contributed by atoms with Gasteiger partial charge in [0.15, 0.2) is 0 Å². The first-order valence-electron chi connectivity index (χ1n) is 3.30. The van der Waals surface area contributed by atoms with E-state index in [4.69, 9.17) is 0 Å². The maximum Gasteiger partial charge on any atom is 0.120 e. The van der Waals surface area contributed by atoms with Gasteiger partial charge in [-0.2, -0.15) is 0 Å². The van der Waals surface area contributed by atoms with Crippen LogP contribution in [0.2, 0.25) is 0 Å². The summed E-state index contributed by atoms with van der Waals surface area (Å²) in [6, 6.07) is 1.71. The molecule has 0 saturated carbocycles. The maximum absolute atomic E-state index is 9.43. The third kappa shape index (κ3) is 1.86. The average molecular weight is 359 g/mol. The van der Waals surface area contributed by atoms with Crippen LogP contribution in [0.3, 0.4) is 0 Å². The highest BCUT2D eigenvalue weighted by molar-refractivity contribution is 9.11. The van der Waals surface area contributed by atoms with Gasteiger partial charge in [0.2, 0.25) is 0 Å². The molecule has 66 valence electrons. The summed E-state index contributed by atoms with van der Waals surface area (Å²) >= 11 is 10.2. The number of rotatable bonds is 1. The van der Waals surface area contributed by atoms with Crippen LogP contribution in [0.4, 0.5) is 0 Å². The third-order valence-electron chi connectivity index (χ3n) is 1.66. The number of benzene rings is 1. The molecule has 1 N–H and O–H groups in total. The minimum atomic E-state index is 0.304. The van der Waals surface area contributed by atoms with Crippen LogP contribution in [0.1, 0.15) is 11.1 Å². The molecule has 1 rings (SSSR count). The fourth-order valence-electron chi connectivity index (χ4n) is 0.882. The quantitative estimate of drug-likeness (QED) is 0.749. The van der Waals surface area contributed by atoms with Crippen molar-refractivity contribution >= 4 is 47.8 Å². The summed E-state index contributed by atoms with van der Waals surface area (Å²) in [7, 11) is 0. The number of phenolic OH excluding ortho intramolecular Hbond substituents is 1. The molecule has 0 amide bonds. The zero-order valence-electron chi connectivity index (χ0n) is 6.37. The monoisotopic (exact) mass is 356 g/mol. The summed E-state index contributed by atoms with van der Waals surface area (Å²) in [5.41, 5.74) is 1.98. The maximum atomic E-state index is 9.43. The minimum absolute atomic E-state index is 0.304. The molecule has 1 nitrogen and oxygen atoms in total. The fourth-order valence-corrected chi connectivity index (χ4v) is 3.59. The van der Waals surface area contributed by atoms with E-state index in [0.717, 1.165) is 25.4 Å². The van der Waals surface area contributed by atoms with E-state index in [1.54, 1.807) is 6.07 Å². The Morgan fingerprint density at radius 2 is 2.00 bits per heavy atom. The molecule has 0 unspecified atom stereocenters. The average Bonchev–Trinajstić information content (AvgIpc) is 2.01. The van der Waals surface area contributed by atoms with E-state index in [1.807, 2.05) is 6.92 Å². The van der Waals surface area contributed by atoms with Crippen molar-refractivity contribution in [1.82, 2.24) is 0 Å². The first-order chi connectivity index (χ1) is 5.57. The summed E-state index contributed by atoms with van der Waals surface area (Å²) < 4.78 is 1.86. The predicted molar refractivity (Wildman–Crippen MR) is 60.9 cm³/mol. The van der Waals surface area contributed by atoms with Gasteiger partial charge in [0, 0.05) is 19.8 Å². The van der Waals surface area contributed by atoms with Crippen molar-refractivity contribution in [2.75, 3.05) is 0 Å². The van der Waals surface area contributed by atoms with Crippen LogP contribution in [-0.4, -0.2) is 5.11 Å². The van der Waals surface area contributed by atoms with Crippen LogP contribution in [0, 0.1) is 6.92 Å². The van der Waals surface area contributed by atoms with E-state index in [9.17, 15) is 5.11 Å². The second-order valence-corrected chi connectivity index (χ2v) is 4.64. The number of hydrogen-bond donors (Lipinski definition) is 1. The second kappa shape index (κ2) is 4.11. The van der Waals surface area contributed by atoms with Crippen LogP contribution in [-0.2, 0) is 5.33 Å². The number of aromatic hydroxyl groups is 1. The molecule has 4 heteroatoms. The number of phenols is 1. The van der Waals surface area contributed by atoms with Gasteiger partial charge in [-0.3, -0.25) is 0 Å². The molecule has 0 atom stereocenters. The van der Waals surface area contributed by atoms with Gasteiger partial charge in [-0.15, -0.1) is 0 Å². The molecule has 1 aromatic carbocycles. The summed E-state index contributed by atoms with van der Waals surface area (Å²) in [6.45, 7) is 1.87. The number of halogens is 3. The summed E-state index contributed by atoms with van der Waals surface area (Å²) in [4.78, 5) is 0. The van der Waals surface area contributed by atoms with Crippen LogP contribution in [0.25, 0.3) is 0 Å². The highest BCUT2D eigenvalue weighted by Crippen LogP contribution is 2.35. The van der Waals surface area contributed by atoms with Crippen LogP contribution in [0.15, 0.2) is 15.0 Å². The lowest BCUT2D eigenvalue weighted by Crippen LogP contribution is -1.87. The zero-order valence-corrected chi connectivity index (χ0v) is 11.1. The Bertz CT molecular complexity index is 310. The van der Waals surface area contributed by atoms with Gasteiger partial charge in [-0.1, -0.05) is 47.8 Å². The van der Waals surface area contributed by atoms with Crippen LogP contribution >= 0.6 is 47.8 Å². The Kier molecular flexibility index (Phi) is 3.61. The first-order valence-corrected chi connectivity index (χ1v) is 6.01. The van der Waals surface area contributed by atoms with Crippen molar-refractivity contribution in [2.45, 2.75) is 12.3 Å². The van der Waals surface area contributed by atoms with Crippen molar-refractivity contribution < 1.29 is 5.11 Å². The second-order valence-electron chi connectivity index (χ2n) is 2.43. The molecular weight excluding hydrogens is 352 g/mol. The van der Waals surface area contributed by atoms with E-state index in [-0.39, 0.29) is 0 Å². The van der Waals surface area contributed by atoms with Crippen molar-refractivity contribution in [3.63, 3.8) is 0 Å².